The predicted octanol–water partition coefficient (Wildman–Crippen LogP) is 4.07. The number of rotatable bonds is 6. The van der Waals surface area contributed by atoms with E-state index >= 15 is 0 Å². The second-order valence-corrected chi connectivity index (χ2v) is 7.42. The highest BCUT2D eigenvalue weighted by atomic mass is 32.2. The maximum Gasteiger partial charge on any atom is 0.196 e. The van der Waals surface area contributed by atoms with Crippen LogP contribution >= 0.6 is 23.1 Å². The van der Waals surface area contributed by atoms with E-state index in [4.69, 9.17) is 4.74 Å². The Balaban J connectivity index is 2.16. The van der Waals surface area contributed by atoms with Crippen LogP contribution in [0.25, 0.3) is 16.4 Å². The highest BCUT2D eigenvalue weighted by Crippen LogP contribution is 2.35. The van der Waals surface area contributed by atoms with E-state index in [0.29, 0.717) is 5.16 Å². The van der Waals surface area contributed by atoms with Gasteiger partial charge in [-0.3, -0.25) is 9.36 Å². The summed E-state index contributed by atoms with van der Waals surface area (Å²) in [5.74, 6) is 1.58. The molecule has 0 spiro atoms. The van der Waals surface area contributed by atoms with E-state index in [1.165, 1.54) is 11.8 Å². The molecule has 3 aromatic rings. The Morgan fingerprint density at radius 1 is 1.25 bits per heavy atom. The van der Waals surface area contributed by atoms with Crippen LogP contribution in [0.15, 0.2) is 46.9 Å². The molecular weight excluding hydrogens is 342 g/mol. The molecule has 2 aromatic heterocycles. The fourth-order valence-corrected chi connectivity index (χ4v) is 3.74. The Hall–Kier alpha value is -2.12. The Morgan fingerprint density at radius 3 is 2.71 bits per heavy atom. The van der Waals surface area contributed by atoms with Gasteiger partial charge in [0.2, 0.25) is 0 Å². The Morgan fingerprint density at radius 2 is 2.04 bits per heavy atom. The fourth-order valence-electron chi connectivity index (χ4n) is 2.18. The highest BCUT2D eigenvalue weighted by molar-refractivity contribution is 8.00. The number of aromatic nitrogens is 3. The molecule has 0 aliphatic carbocycles. The molecule has 0 amide bonds. The molecule has 1 atom stereocenters. The van der Waals surface area contributed by atoms with Crippen LogP contribution in [0.3, 0.4) is 0 Å². The molecule has 0 aliphatic rings. The molecule has 124 valence electrons. The minimum absolute atomic E-state index is 0.104. The van der Waals surface area contributed by atoms with Crippen LogP contribution in [0.2, 0.25) is 0 Å². The average Bonchev–Trinajstić information content (AvgIpc) is 3.23. The molecule has 0 fully saturated rings. The van der Waals surface area contributed by atoms with Crippen molar-refractivity contribution in [1.29, 1.82) is 0 Å². The van der Waals surface area contributed by atoms with Crippen LogP contribution in [-0.2, 0) is 4.79 Å². The first-order chi connectivity index (χ1) is 11.6. The summed E-state index contributed by atoms with van der Waals surface area (Å²) in [5.41, 5.74) is 0.853. The Labute approximate surface area is 148 Å². The lowest BCUT2D eigenvalue weighted by Crippen LogP contribution is -2.10. The van der Waals surface area contributed by atoms with Crippen LogP contribution in [-0.4, -0.2) is 32.9 Å². The summed E-state index contributed by atoms with van der Waals surface area (Å²) in [6.07, 6.45) is 0. The van der Waals surface area contributed by atoms with Gasteiger partial charge in [0, 0.05) is 0 Å². The molecule has 2 heterocycles. The van der Waals surface area contributed by atoms with Gasteiger partial charge in [0.15, 0.2) is 11.0 Å². The van der Waals surface area contributed by atoms with Gasteiger partial charge in [0.25, 0.3) is 0 Å². The molecule has 1 unspecified atom stereocenters. The third-order valence-corrected chi connectivity index (χ3v) is 5.58. The van der Waals surface area contributed by atoms with Crippen molar-refractivity contribution >= 4 is 28.9 Å². The summed E-state index contributed by atoms with van der Waals surface area (Å²) in [6.45, 7) is 3.46. The van der Waals surface area contributed by atoms with Crippen LogP contribution in [0, 0.1) is 0 Å². The van der Waals surface area contributed by atoms with Crippen molar-refractivity contribution in [1.82, 2.24) is 14.8 Å². The van der Waals surface area contributed by atoms with Crippen LogP contribution < -0.4 is 4.74 Å². The fraction of sp³-hybridized carbons (Fsp3) is 0.235. The number of hydrogen-bond donors (Lipinski definition) is 0. The second-order valence-electron chi connectivity index (χ2n) is 5.16. The lowest BCUT2D eigenvalue weighted by atomic mass is 10.3. The number of hydrogen-bond acceptors (Lipinski definition) is 6. The molecule has 3 rings (SSSR count). The summed E-state index contributed by atoms with van der Waals surface area (Å²) in [4.78, 5) is 12.7. The van der Waals surface area contributed by atoms with Crippen molar-refractivity contribution in [2.75, 3.05) is 7.11 Å². The third kappa shape index (κ3) is 3.22. The SMILES string of the molecule is COc1ccccc1-n1c(SC(C)C(C)=O)nnc1-c1cccs1. The summed E-state index contributed by atoms with van der Waals surface area (Å²) in [7, 11) is 1.64. The number of thioether (sulfide) groups is 1. The molecule has 0 saturated carbocycles. The van der Waals surface area contributed by atoms with Crippen molar-refractivity contribution in [3.05, 3.63) is 41.8 Å². The summed E-state index contributed by atoms with van der Waals surface area (Å²) < 4.78 is 7.45. The maximum absolute atomic E-state index is 11.7. The third-order valence-electron chi connectivity index (χ3n) is 3.56. The van der Waals surface area contributed by atoms with Crippen LogP contribution in [0.1, 0.15) is 13.8 Å². The molecule has 24 heavy (non-hydrogen) atoms. The number of carbonyl (C=O) groups excluding carboxylic acids is 1. The summed E-state index contributed by atoms with van der Waals surface area (Å²) >= 11 is 3.00. The largest absolute Gasteiger partial charge is 0.495 e. The summed E-state index contributed by atoms with van der Waals surface area (Å²) in [6, 6.07) is 11.7. The molecule has 0 saturated heterocycles. The van der Waals surface area contributed by atoms with E-state index < -0.39 is 0 Å². The van der Waals surface area contributed by atoms with Gasteiger partial charge in [-0.1, -0.05) is 30.0 Å². The quantitative estimate of drug-likeness (QED) is 0.621. The van der Waals surface area contributed by atoms with Crippen LogP contribution in [0.4, 0.5) is 0 Å². The number of ether oxygens (including phenoxy) is 1. The van der Waals surface area contributed by atoms with Crippen molar-refractivity contribution in [3.63, 3.8) is 0 Å². The monoisotopic (exact) mass is 359 g/mol. The van der Waals surface area contributed by atoms with Gasteiger partial charge in [-0.15, -0.1) is 21.5 Å². The normalized spacial score (nSPS) is 12.1. The zero-order chi connectivity index (χ0) is 17.1. The first kappa shape index (κ1) is 16.7. The zero-order valence-electron chi connectivity index (χ0n) is 13.6. The van der Waals surface area contributed by atoms with Gasteiger partial charge in [0.05, 0.1) is 22.9 Å². The number of para-hydroxylation sites is 2. The highest BCUT2D eigenvalue weighted by Gasteiger charge is 2.22. The van der Waals surface area contributed by atoms with E-state index in [1.807, 2.05) is 53.3 Å². The Bertz CT molecular complexity index is 843. The van der Waals surface area contributed by atoms with Gasteiger partial charge >= 0.3 is 0 Å². The predicted molar refractivity (Wildman–Crippen MR) is 97.2 cm³/mol. The van der Waals surface area contributed by atoms with E-state index in [1.54, 1.807) is 25.4 Å². The number of benzene rings is 1. The molecule has 0 N–H and O–H groups in total. The van der Waals surface area contributed by atoms with E-state index in [9.17, 15) is 4.79 Å². The molecule has 1 aromatic carbocycles. The number of methoxy groups -OCH3 is 1. The number of Topliss-reactive ketones (excluding diaryl/α,β-unsaturated/α-hetero) is 1. The first-order valence-electron chi connectivity index (χ1n) is 7.41. The van der Waals surface area contributed by atoms with Crippen molar-refractivity contribution < 1.29 is 9.53 Å². The standard InChI is InChI=1S/C17H17N3O2S2/c1-11(21)12(2)24-17-19-18-16(15-9-6-10-23-15)20(17)13-7-4-5-8-14(13)22-3/h4-10,12H,1-3H3. The molecule has 7 heteroatoms. The van der Waals surface area contributed by atoms with Crippen molar-refractivity contribution in [2.24, 2.45) is 0 Å². The lowest BCUT2D eigenvalue weighted by molar-refractivity contribution is -0.116. The Kier molecular flexibility index (Phi) is 5.01. The lowest BCUT2D eigenvalue weighted by Gasteiger charge is -2.14. The van der Waals surface area contributed by atoms with E-state index in [0.717, 1.165) is 22.1 Å². The topological polar surface area (TPSA) is 57.0 Å². The zero-order valence-corrected chi connectivity index (χ0v) is 15.2. The van der Waals surface area contributed by atoms with Gasteiger partial charge in [-0.05, 0) is 37.4 Å². The summed E-state index contributed by atoms with van der Waals surface area (Å²) in [5, 5.41) is 11.2. The van der Waals surface area contributed by atoms with E-state index in [-0.39, 0.29) is 11.0 Å². The van der Waals surface area contributed by atoms with Gasteiger partial charge in [0.1, 0.15) is 11.5 Å². The number of nitrogens with zero attached hydrogens (tertiary/aromatic N) is 3. The molecule has 0 bridgehead atoms. The maximum atomic E-state index is 11.7. The number of thiophene rings is 1. The second kappa shape index (κ2) is 7.19. The average molecular weight is 359 g/mol. The molecular formula is C17H17N3O2S2. The van der Waals surface area contributed by atoms with Crippen molar-refractivity contribution in [3.8, 4) is 22.1 Å². The minimum atomic E-state index is -0.196. The van der Waals surface area contributed by atoms with Gasteiger partial charge in [-0.25, -0.2) is 0 Å². The number of ketones is 1. The number of carbonyl (C=O) groups is 1. The molecule has 0 radical (unpaired) electrons. The minimum Gasteiger partial charge on any atom is -0.495 e. The van der Waals surface area contributed by atoms with E-state index in [2.05, 4.69) is 10.2 Å². The smallest absolute Gasteiger partial charge is 0.196 e. The first-order valence-corrected chi connectivity index (χ1v) is 9.17. The molecule has 0 aliphatic heterocycles. The molecule has 5 nitrogen and oxygen atoms in total. The van der Waals surface area contributed by atoms with Crippen LogP contribution in [0.5, 0.6) is 5.75 Å². The van der Waals surface area contributed by atoms with Gasteiger partial charge < -0.3 is 4.74 Å². The van der Waals surface area contributed by atoms with Gasteiger partial charge in [-0.2, -0.15) is 0 Å². The van der Waals surface area contributed by atoms with Crippen molar-refractivity contribution in [2.45, 2.75) is 24.3 Å².